The molecule has 0 aromatic heterocycles. The molecule has 0 aliphatic heterocycles. The van der Waals surface area contributed by atoms with Crippen LogP contribution >= 0.6 is 35.5 Å². The summed E-state index contributed by atoms with van der Waals surface area (Å²) in [6.07, 6.45) is 0. The first-order valence-electron chi connectivity index (χ1n) is 0.670. The van der Waals surface area contributed by atoms with E-state index in [1.165, 1.54) is 0 Å². The third-order valence-electron chi connectivity index (χ3n) is 0. The maximum absolute atomic E-state index is 8.95. The first-order chi connectivity index (χ1) is 2.00. The number of rotatable bonds is 0. The second-order valence-corrected chi connectivity index (χ2v) is 2.41. The third-order valence-corrected chi connectivity index (χ3v) is 0. The van der Waals surface area contributed by atoms with Gasteiger partial charge in [0.25, 0.3) is 0 Å². The van der Waals surface area contributed by atoms with Crippen LogP contribution in [0.15, 0.2) is 0 Å². The van der Waals surface area contributed by atoms with Crippen molar-refractivity contribution in [3.63, 3.8) is 0 Å². The van der Waals surface area contributed by atoms with E-state index in [1.807, 2.05) is 0 Å². The summed E-state index contributed by atoms with van der Waals surface area (Å²) in [5, 5.41) is 0. The summed E-state index contributed by atoms with van der Waals surface area (Å²) < 4.78 is 25.2. The molecule has 0 aliphatic rings. The Labute approximate surface area is 65.5 Å². The summed E-state index contributed by atoms with van der Waals surface area (Å²) in [6.45, 7) is 0. The molecule has 3 nitrogen and oxygen atoms in total. The molecule has 0 aliphatic carbocycles. The lowest BCUT2D eigenvalue weighted by molar-refractivity contribution is 0.501. The van der Waals surface area contributed by atoms with Gasteiger partial charge in [-0.3, -0.25) is 4.55 Å². The van der Waals surface area contributed by atoms with Crippen molar-refractivity contribution in [3.05, 3.63) is 0 Å². The number of hydrogen-bond acceptors (Lipinski definition) is 2. The fourth-order valence-corrected chi connectivity index (χ4v) is 0. The molecule has 0 amide bonds. The zero-order valence-electron chi connectivity index (χ0n) is 2.87. The Balaban J connectivity index is -0.0000000267. The third kappa shape index (κ3) is 372. The fourth-order valence-electron chi connectivity index (χ4n) is 0. The molecule has 0 bridgehead atoms. The molecule has 0 atom stereocenters. The summed E-state index contributed by atoms with van der Waals surface area (Å²) in [4.78, 5) is 0. The summed E-state index contributed by atoms with van der Waals surface area (Å²) in [7, 11) is -0.137. The van der Waals surface area contributed by atoms with Crippen LogP contribution in [0.3, 0.4) is 0 Å². The molecule has 0 saturated heterocycles. The van der Waals surface area contributed by atoms with Gasteiger partial charge in [0.05, 0.1) is 0 Å². The van der Waals surface area contributed by atoms with Crippen molar-refractivity contribution in [2.24, 2.45) is 0 Å². The van der Waals surface area contributed by atoms with E-state index in [1.54, 1.807) is 0 Å². The molecular formula is CH7Cl3O3S. The lowest BCUT2D eigenvalue weighted by Gasteiger charge is -1.65. The Hall–Kier alpha value is 0.780. The molecule has 0 heterocycles. The van der Waals surface area contributed by atoms with Gasteiger partial charge in [0.1, 0.15) is 0 Å². The van der Waals surface area contributed by atoms with Crippen LogP contribution in [0.2, 0.25) is 0 Å². The van der Waals surface area contributed by atoms with Crippen molar-refractivity contribution in [3.8, 4) is 0 Å². The Morgan fingerprint density at radius 3 is 1.25 bits per heavy atom. The van der Waals surface area contributed by atoms with Crippen molar-refractivity contribution >= 4 is 44.8 Å². The average molecular weight is 205 g/mol. The van der Waals surface area contributed by atoms with E-state index in [0.717, 1.165) is 0 Å². The van der Waals surface area contributed by atoms with Gasteiger partial charge in [-0.05, 0) is 0 Å². The topological polar surface area (TPSA) is 54.4 Å². The Morgan fingerprint density at radius 1 is 1.25 bits per heavy atom. The highest BCUT2D eigenvalue weighted by atomic mass is 35.7. The first kappa shape index (κ1) is 23.3. The quantitative estimate of drug-likeness (QED) is 0.482. The second kappa shape index (κ2) is 7.78. The largest absolute Gasteiger partial charge is 0.353 e. The minimum Gasteiger partial charge on any atom is -0.273 e. The van der Waals surface area contributed by atoms with Crippen LogP contribution in [0.25, 0.3) is 0 Å². The Kier molecular flexibility index (Phi) is 22.6. The van der Waals surface area contributed by atoms with E-state index in [4.69, 9.17) is 13.0 Å². The van der Waals surface area contributed by atoms with E-state index in [2.05, 4.69) is 10.7 Å². The Bertz CT molecular complexity index is 97.7. The maximum atomic E-state index is 8.95. The first-order valence-corrected chi connectivity index (χ1v) is 2.94. The highest BCUT2D eigenvalue weighted by Gasteiger charge is 1.86. The maximum Gasteiger partial charge on any atom is 0.353 e. The molecule has 0 aromatic rings. The normalized spacial score (nSPS) is 7.25. The highest BCUT2D eigenvalue weighted by Crippen LogP contribution is 1.82. The molecule has 0 fully saturated rings. The van der Waals surface area contributed by atoms with Crippen LogP contribution in [-0.2, 0) is 9.33 Å². The minimum atomic E-state index is -4.19. The summed E-state index contributed by atoms with van der Waals surface area (Å²) in [5.41, 5.74) is 0. The van der Waals surface area contributed by atoms with E-state index in [0.29, 0.717) is 0 Å². The lowest BCUT2D eigenvalue weighted by atomic mass is 12.0. The van der Waals surface area contributed by atoms with Crippen LogP contribution in [0, 0.1) is 0 Å². The molecular weight excluding hydrogens is 198 g/mol. The van der Waals surface area contributed by atoms with Crippen LogP contribution in [0.4, 0.5) is 0 Å². The average Bonchev–Trinajstić information content (AvgIpc) is 0.722. The molecule has 56 valence electrons. The molecule has 0 radical (unpaired) electrons. The molecule has 8 heavy (non-hydrogen) atoms. The SMILES string of the molecule is C.Cl.Cl.O=S(=O)(O)Cl. The molecule has 7 heteroatoms. The number of hydrogen-bond donors (Lipinski definition) is 1. The minimum absolute atomic E-state index is 0. The van der Waals surface area contributed by atoms with Crippen LogP contribution in [0.5, 0.6) is 0 Å². The van der Waals surface area contributed by atoms with E-state index in [-0.39, 0.29) is 32.2 Å². The van der Waals surface area contributed by atoms with Gasteiger partial charge in [-0.1, -0.05) is 7.43 Å². The predicted molar refractivity (Wildman–Crippen MR) is 38.6 cm³/mol. The van der Waals surface area contributed by atoms with Crippen LogP contribution in [0.1, 0.15) is 7.43 Å². The van der Waals surface area contributed by atoms with Crippen molar-refractivity contribution in [2.45, 2.75) is 7.43 Å². The van der Waals surface area contributed by atoms with Crippen molar-refractivity contribution in [2.75, 3.05) is 0 Å². The number of halogens is 3. The van der Waals surface area contributed by atoms with Gasteiger partial charge in [0.2, 0.25) is 0 Å². The lowest BCUT2D eigenvalue weighted by Crippen LogP contribution is -1.77. The summed E-state index contributed by atoms with van der Waals surface area (Å²) in [5.74, 6) is 0. The van der Waals surface area contributed by atoms with Crippen molar-refractivity contribution in [1.29, 1.82) is 0 Å². The van der Waals surface area contributed by atoms with Gasteiger partial charge >= 0.3 is 9.33 Å². The fraction of sp³-hybridized carbons (Fsp3) is 1.00. The van der Waals surface area contributed by atoms with Gasteiger partial charge in [-0.25, -0.2) is 0 Å². The standard InChI is InChI=1S/CH4.ClHO3S.2ClH/c;1-5(2,3)4;;/h1H4;(H,2,3,4);2*1H. The summed E-state index contributed by atoms with van der Waals surface area (Å²) in [6, 6.07) is 0. The van der Waals surface area contributed by atoms with Gasteiger partial charge in [-0.2, -0.15) is 8.42 Å². The smallest absolute Gasteiger partial charge is 0.273 e. The highest BCUT2D eigenvalue weighted by molar-refractivity contribution is 8.09. The van der Waals surface area contributed by atoms with Crippen LogP contribution in [-0.4, -0.2) is 13.0 Å². The molecule has 0 unspecified atom stereocenters. The Morgan fingerprint density at radius 2 is 1.25 bits per heavy atom. The van der Waals surface area contributed by atoms with Crippen molar-refractivity contribution in [1.82, 2.24) is 0 Å². The van der Waals surface area contributed by atoms with E-state index >= 15 is 0 Å². The molecule has 0 rings (SSSR count). The van der Waals surface area contributed by atoms with Crippen LogP contribution < -0.4 is 0 Å². The zero-order chi connectivity index (χ0) is 4.50. The van der Waals surface area contributed by atoms with Gasteiger partial charge in [-0.15, -0.1) is 24.8 Å². The van der Waals surface area contributed by atoms with Crippen molar-refractivity contribution < 1.29 is 13.0 Å². The predicted octanol–water partition coefficient (Wildman–Crippen LogP) is 1.51. The van der Waals surface area contributed by atoms with Gasteiger partial charge in [0, 0.05) is 10.7 Å². The molecule has 1 N–H and O–H groups in total. The summed E-state index contributed by atoms with van der Waals surface area (Å²) >= 11 is 0. The second-order valence-electron chi connectivity index (χ2n) is 0.412. The molecule has 0 spiro atoms. The van der Waals surface area contributed by atoms with Gasteiger partial charge < -0.3 is 0 Å². The molecule has 0 aromatic carbocycles. The molecule has 0 saturated carbocycles. The monoisotopic (exact) mass is 204 g/mol. The van der Waals surface area contributed by atoms with E-state index in [9.17, 15) is 0 Å². The van der Waals surface area contributed by atoms with Gasteiger partial charge in [0.15, 0.2) is 0 Å². The zero-order valence-corrected chi connectivity index (χ0v) is 6.07. The van der Waals surface area contributed by atoms with E-state index < -0.39 is 9.33 Å².